The predicted octanol–water partition coefficient (Wildman–Crippen LogP) is 3.73. The molecule has 1 rings (SSSR count). The van der Waals surface area contributed by atoms with Gasteiger partial charge in [0, 0.05) is 37.5 Å². The number of benzene rings is 1. The van der Waals surface area contributed by atoms with Crippen molar-refractivity contribution in [2.45, 2.75) is 38.5 Å². The zero-order chi connectivity index (χ0) is 17.5. The molecule has 0 aliphatic rings. The van der Waals surface area contributed by atoms with Gasteiger partial charge in [0.15, 0.2) is 0 Å². The summed E-state index contributed by atoms with van der Waals surface area (Å²) >= 11 is 0. The van der Waals surface area contributed by atoms with Crippen molar-refractivity contribution in [1.29, 1.82) is 15.8 Å². The Bertz CT molecular complexity index is 513. The number of hydrogen-bond donors (Lipinski definition) is 0. The minimum Gasteiger partial charge on any atom is -0.493 e. The maximum Gasteiger partial charge on any atom is 0.126 e. The lowest BCUT2D eigenvalue weighted by molar-refractivity contribution is 0.282. The number of ether oxygens (including phenoxy) is 3. The van der Waals surface area contributed by atoms with Crippen LogP contribution in [0.25, 0.3) is 0 Å². The fourth-order valence-corrected chi connectivity index (χ4v) is 1.82. The summed E-state index contributed by atoms with van der Waals surface area (Å²) in [6.07, 6.45) is 3.30. The van der Waals surface area contributed by atoms with Crippen LogP contribution in [0.3, 0.4) is 0 Å². The third-order valence-corrected chi connectivity index (χ3v) is 2.96. The Morgan fingerprint density at radius 2 is 0.875 bits per heavy atom. The smallest absolute Gasteiger partial charge is 0.126 e. The monoisotopic (exact) mass is 327 g/mol. The second-order valence-corrected chi connectivity index (χ2v) is 4.97. The highest BCUT2D eigenvalue weighted by Gasteiger charge is 2.05. The molecule has 0 heterocycles. The highest BCUT2D eigenvalue weighted by molar-refractivity contribution is 5.42. The molecule has 1 aromatic carbocycles. The summed E-state index contributed by atoms with van der Waals surface area (Å²) in [5.74, 6) is 1.84. The van der Waals surface area contributed by atoms with Crippen molar-refractivity contribution >= 4 is 0 Å². The molecule has 0 N–H and O–H groups in total. The zero-order valence-corrected chi connectivity index (χ0v) is 13.7. The van der Waals surface area contributed by atoms with Crippen LogP contribution in [0.1, 0.15) is 38.5 Å². The van der Waals surface area contributed by atoms with E-state index in [0.29, 0.717) is 75.6 Å². The van der Waals surface area contributed by atoms with Crippen LogP contribution in [0.5, 0.6) is 17.2 Å². The van der Waals surface area contributed by atoms with Crippen LogP contribution in [-0.2, 0) is 0 Å². The summed E-state index contributed by atoms with van der Waals surface area (Å²) in [4.78, 5) is 0. The van der Waals surface area contributed by atoms with Gasteiger partial charge in [-0.05, 0) is 19.3 Å². The van der Waals surface area contributed by atoms with Crippen LogP contribution in [0.2, 0.25) is 0 Å². The second-order valence-electron chi connectivity index (χ2n) is 4.97. The molecule has 0 fully saturated rings. The fourth-order valence-electron chi connectivity index (χ4n) is 1.82. The van der Waals surface area contributed by atoms with Crippen LogP contribution in [0.15, 0.2) is 18.2 Å². The molecule has 6 nitrogen and oxygen atoms in total. The summed E-state index contributed by atoms with van der Waals surface area (Å²) in [6.45, 7) is 1.33. The van der Waals surface area contributed by atoms with Crippen LogP contribution >= 0.6 is 0 Å². The lowest BCUT2D eigenvalue weighted by Crippen LogP contribution is -2.02. The molecule has 0 aliphatic heterocycles. The molecule has 0 atom stereocenters. The average Bonchev–Trinajstić information content (AvgIpc) is 2.59. The Morgan fingerprint density at radius 3 is 1.12 bits per heavy atom. The summed E-state index contributed by atoms with van der Waals surface area (Å²) in [7, 11) is 0. The summed E-state index contributed by atoms with van der Waals surface area (Å²) < 4.78 is 16.9. The molecule has 0 spiro atoms. The van der Waals surface area contributed by atoms with Gasteiger partial charge in [0.25, 0.3) is 0 Å². The van der Waals surface area contributed by atoms with Crippen molar-refractivity contribution in [1.82, 2.24) is 0 Å². The molecule has 6 heteroatoms. The molecule has 0 saturated carbocycles. The molecule has 1 aromatic rings. The van der Waals surface area contributed by atoms with Gasteiger partial charge in [0.1, 0.15) is 17.2 Å². The normalized spacial score (nSPS) is 9.38. The first-order valence-corrected chi connectivity index (χ1v) is 7.94. The lowest BCUT2D eigenvalue weighted by atomic mass is 10.3. The molecule has 24 heavy (non-hydrogen) atoms. The third kappa shape index (κ3) is 8.51. The van der Waals surface area contributed by atoms with Gasteiger partial charge < -0.3 is 14.2 Å². The Hall–Kier alpha value is -2.91. The average molecular weight is 327 g/mol. The van der Waals surface area contributed by atoms with E-state index in [1.807, 2.05) is 0 Å². The molecule has 0 unspecified atom stereocenters. The van der Waals surface area contributed by atoms with Crippen molar-refractivity contribution in [3.05, 3.63) is 18.2 Å². The number of rotatable bonds is 12. The van der Waals surface area contributed by atoms with Gasteiger partial charge in [-0.2, -0.15) is 15.8 Å². The highest BCUT2D eigenvalue weighted by Crippen LogP contribution is 2.28. The number of unbranched alkanes of at least 4 members (excludes halogenated alkanes) is 3. The van der Waals surface area contributed by atoms with E-state index in [4.69, 9.17) is 30.0 Å². The van der Waals surface area contributed by atoms with Gasteiger partial charge in [-0.3, -0.25) is 0 Å². The second kappa shape index (κ2) is 12.6. The van der Waals surface area contributed by atoms with E-state index in [-0.39, 0.29) is 0 Å². The van der Waals surface area contributed by atoms with E-state index in [2.05, 4.69) is 18.2 Å². The maximum absolute atomic E-state index is 8.54. The number of nitrogens with zero attached hydrogens (tertiary/aromatic N) is 3. The lowest BCUT2D eigenvalue weighted by Gasteiger charge is -2.12. The number of hydrogen-bond acceptors (Lipinski definition) is 6. The van der Waals surface area contributed by atoms with Gasteiger partial charge in [0.2, 0.25) is 0 Å². The minimum atomic E-state index is 0.444. The van der Waals surface area contributed by atoms with Crippen LogP contribution in [-0.4, -0.2) is 19.8 Å². The van der Waals surface area contributed by atoms with Crippen molar-refractivity contribution in [2.75, 3.05) is 19.8 Å². The van der Waals surface area contributed by atoms with E-state index in [9.17, 15) is 0 Å². The highest BCUT2D eigenvalue weighted by atomic mass is 16.5. The van der Waals surface area contributed by atoms with E-state index in [0.717, 1.165) is 0 Å². The molecule has 0 aromatic heterocycles. The van der Waals surface area contributed by atoms with Crippen molar-refractivity contribution in [3.63, 3.8) is 0 Å². The standard InChI is InChI=1S/C18H21N3O3/c19-7-1-4-10-22-16-13-17(23-11-5-2-8-20)15-18(14-16)24-12-6-3-9-21/h13-15H,1-6,10-12H2. The van der Waals surface area contributed by atoms with Crippen LogP contribution in [0.4, 0.5) is 0 Å². The van der Waals surface area contributed by atoms with E-state index < -0.39 is 0 Å². The Balaban J connectivity index is 2.64. The molecular weight excluding hydrogens is 306 g/mol. The molecular formula is C18H21N3O3. The summed E-state index contributed by atoms with van der Waals surface area (Å²) in [5, 5.41) is 25.6. The maximum atomic E-state index is 8.54. The van der Waals surface area contributed by atoms with Gasteiger partial charge >= 0.3 is 0 Å². The summed E-state index contributed by atoms with van der Waals surface area (Å²) in [6, 6.07) is 11.5. The largest absolute Gasteiger partial charge is 0.493 e. The first-order valence-electron chi connectivity index (χ1n) is 7.94. The molecule has 0 amide bonds. The number of nitriles is 3. The SMILES string of the molecule is N#CCCCOc1cc(OCCCC#N)cc(OCCCC#N)c1. The Kier molecular flexibility index (Phi) is 10.1. The van der Waals surface area contributed by atoms with Gasteiger partial charge in [-0.15, -0.1) is 0 Å². The molecule has 0 aliphatic carbocycles. The third-order valence-electron chi connectivity index (χ3n) is 2.96. The van der Waals surface area contributed by atoms with E-state index >= 15 is 0 Å². The Labute approximate surface area is 142 Å². The first kappa shape index (κ1) is 19.1. The minimum absolute atomic E-state index is 0.444. The zero-order valence-electron chi connectivity index (χ0n) is 13.7. The van der Waals surface area contributed by atoms with E-state index in [1.165, 1.54) is 0 Å². The van der Waals surface area contributed by atoms with Crippen LogP contribution in [0, 0.1) is 34.0 Å². The van der Waals surface area contributed by atoms with Crippen molar-refractivity contribution in [2.24, 2.45) is 0 Å². The molecule has 0 radical (unpaired) electrons. The molecule has 0 bridgehead atoms. The van der Waals surface area contributed by atoms with Gasteiger partial charge in [-0.25, -0.2) is 0 Å². The molecule has 0 saturated heterocycles. The first-order chi connectivity index (χ1) is 11.8. The fraction of sp³-hybridized carbons (Fsp3) is 0.500. The predicted molar refractivity (Wildman–Crippen MR) is 87.5 cm³/mol. The molecule has 126 valence electrons. The van der Waals surface area contributed by atoms with E-state index in [1.54, 1.807) is 18.2 Å². The topological polar surface area (TPSA) is 99.1 Å². The van der Waals surface area contributed by atoms with Gasteiger partial charge in [-0.1, -0.05) is 0 Å². The summed E-state index contributed by atoms with van der Waals surface area (Å²) in [5.41, 5.74) is 0. The van der Waals surface area contributed by atoms with Crippen molar-refractivity contribution in [3.8, 4) is 35.5 Å². The quantitative estimate of drug-likeness (QED) is 0.542. The van der Waals surface area contributed by atoms with Gasteiger partial charge in [0.05, 0.1) is 38.0 Å². The van der Waals surface area contributed by atoms with Crippen LogP contribution < -0.4 is 14.2 Å². The Morgan fingerprint density at radius 1 is 0.583 bits per heavy atom. The van der Waals surface area contributed by atoms with Crippen molar-refractivity contribution < 1.29 is 14.2 Å².